The second kappa shape index (κ2) is 10.5. The minimum absolute atomic E-state index is 0. The highest BCUT2D eigenvalue weighted by Crippen LogP contribution is 2.19. The summed E-state index contributed by atoms with van der Waals surface area (Å²) in [7, 11) is 1.63. The van der Waals surface area contributed by atoms with E-state index in [0.717, 1.165) is 6.42 Å². The molecule has 0 saturated carbocycles. The Bertz CT molecular complexity index is 497. The lowest BCUT2D eigenvalue weighted by Crippen LogP contribution is -2.41. The largest absolute Gasteiger partial charge is 0.468 e. The average molecular weight is 446 g/mol. The smallest absolute Gasteiger partial charge is 0.422 e. The molecule has 1 heterocycles. The van der Waals surface area contributed by atoms with E-state index in [9.17, 15) is 13.2 Å². The molecular weight excluding hydrogens is 424 g/mol. The van der Waals surface area contributed by atoms with Gasteiger partial charge in [-0.15, -0.1) is 24.0 Å². The third kappa shape index (κ3) is 8.82. The summed E-state index contributed by atoms with van der Waals surface area (Å²) in [6, 6.07) is 3.53. The van der Waals surface area contributed by atoms with Gasteiger partial charge in [0.1, 0.15) is 0 Å². The average Bonchev–Trinajstić information content (AvgIpc) is 2.49. The van der Waals surface area contributed by atoms with Crippen LogP contribution in [0.25, 0.3) is 0 Å². The van der Waals surface area contributed by atoms with Crippen LogP contribution >= 0.6 is 24.0 Å². The third-order valence-corrected chi connectivity index (χ3v) is 2.89. The number of aliphatic imine (C=N–C) groups is 1. The van der Waals surface area contributed by atoms with Crippen LogP contribution in [0, 0.1) is 0 Å². The summed E-state index contributed by atoms with van der Waals surface area (Å²) in [6.07, 6.45) is -2.08. The molecule has 0 amide bonds. The molecule has 1 unspecified atom stereocenters. The molecule has 0 radical (unpaired) electrons. The fourth-order valence-electron chi connectivity index (χ4n) is 1.55. The van der Waals surface area contributed by atoms with Crippen LogP contribution < -0.4 is 15.4 Å². The van der Waals surface area contributed by atoms with E-state index in [0.29, 0.717) is 11.5 Å². The molecule has 9 heteroatoms. The van der Waals surface area contributed by atoms with E-state index in [4.69, 9.17) is 4.74 Å². The van der Waals surface area contributed by atoms with Gasteiger partial charge in [0, 0.05) is 31.4 Å². The first kappa shape index (κ1) is 21.7. The van der Waals surface area contributed by atoms with E-state index in [2.05, 4.69) is 20.6 Å². The Morgan fingerprint density at radius 2 is 2.13 bits per heavy atom. The predicted molar refractivity (Wildman–Crippen MR) is 94.3 cm³/mol. The normalized spacial score (nSPS) is 13.0. The Kier molecular flexibility index (Phi) is 9.93. The van der Waals surface area contributed by atoms with Gasteiger partial charge >= 0.3 is 6.18 Å². The third-order valence-electron chi connectivity index (χ3n) is 2.89. The summed E-state index contributed by atoms with van der Waals surface area (Å²) in [6.45, 7) is 2.94. The maximum Gasteiger partial charge on any atom is 0.422 e. The number of nitrogens with one attached hydrogen (secondary N) is 2. The van der Waals surface area contributed by atoms with Crippen LogP contribution in [0.3, 0.4) is 0 Å². The Morgan fingerprint density at radius 1 is 1.43 bits per heavy atom. The number of ether oxygens (including phenoxy) is 1. The SMILES string of the molecule is CCC(C)NC(=NC)NCc1cccnc1OCC(F)(F)F.I. The summed E-state index contributed by atoms with van der Waals surface area (Å²) < 4.78 is 41.4. The number of nitrogens with zero attached hydrogens (tertiary/aromatic N) is 2. The first-order valence-corrected chi connectivity index (χ1v) is 6.96. The molecule has 0 bridgehead atoms. The van der Waals surface area contributed by atoms with Gasteiger partial charge in [-0.2, -0.15) is 13.2 Å². The Labute approximate surface area is 151 Å². The molecule has 23 heavy (non-hydrogen) atoms. The van der Waals surface area contributed by atoms with E-state index in [-0.39, 0.29) is 42.4 Å². The van der Waals surface area contributed by atoms with Gasteiger partial charge in [0.15, 0.2) is 12.6 Å². The molecule has 0 aliphatic rings. The zero-order valence-electron chi connectivity index (χ0n) is 13.3. The number of alkyl halides is 3. The second-order valence-electron chi connectivity index (χ2n) is 4.75. The molecule has 1 atom stereocenters. The summed E-state index contributed by atoms with van der Waals surface area (Å²) in [4.78, 5) is 7.90. The fourth-order valence-corrected chi connectivity index (χ4v) is 1.55. The van der Waals surface area contributed by atoms with Crippen LogP contribution in [0.4, 0.5) is 13.2 Å². The maximum atomic E-state index is 12.2. The monoisotopic (exact) mass is 446 g/mol. The van der Waals surface area contributed by atoms with Crippen molar-refractivity contribution in [3.63, 3.8) is 0 Å². The minimum atomic E-state index is -4.39. The summed E-state index contributed by atoms with van der Waals surface area (Å²) in [5.41, 5.74) is 0.527. The van der Waals surface area contributed by atoms with Gasteiger partial charge in [0.2, 0.25) is 5.88 Å². The quantitative estimate of drug-likeness (QED) is 0.401. The number of aromatic nitrogens is 1. The fraction of sp³-hybridized carbons (Fsp3) is 0.571. The van der Waals surface area contributed by atoms with Crippen molar-refractivity contribution in [3.8, 4) is 5.88 Å². The van der Waals surface area contributed by atoms with Gasteiger partial charge in [0.25, 0.3) is 0 Å². The van der Waals surface area contributed by atoms with Crippen molar-refractivity contribution in [2.75, 3.05) is 13.7 Å². The number of halogens is 4. The Balaban J connectivity index is 0.00000484. The molecule has 1 aromatic heterocycles. The molecule has 1 rings (SSSR count). The zero-order valence-corrected chi connectivity index (χ0v) is 15.6. The molecule has 0 spiro atoms. The van der Waals surface area contributed by atoms with Crippen LogP contribution in [0.1, 0.15) is 25.8 Å². The molecule has 0 aliphatic heterocycles. The number of hydrogen-bond acceptors (Lipinski definition) is 3. The van der Waals surface area contributed by atoms with E-state index < -0.39 is 12.8 Å². The van der Waals surface area contributed by atoms with Crippen molar-refractivity contribution < 1.29 is 17.9 Å². The molecule has 0 fully saturated rings. The number of pyridine rings is 1. The Morgan fingerprint density at radius 3 is 2.70 bits per heavy atom. The van der Waals surface area contributed by atoms with Gasteiger partial charge < -0.3 is 15.4 Å². The van der Waals surface area contributed by atoms with Gasteiger partial charge in [0.05, 0.1) is 0 Å². The van der Waals surface area contributed by atoms with Gasteiger partial charge in [-0.05, 0) is 19.4 Å². The standard InChI is InChI=1S/C14H21F3N4O.HI/c1-4-10(2)21-13(18-3)20-8-11-6-5-7-19-12(11)22-9-14(15,16)17;/h5-7,10H,4,8-9H2,1-3H3,(H2,18,20,21);1H. The summed E-state index contributed by atoms with van der Waals surface area (Å²) >= 11 is 0. The van der Waals surface area contributed by atoms with Crippen molar-refractivity contribution >= 4 is 29.9 Å². The van der Waals surface area contributed by atoms with Crippen molar-refractivity contribution in [1.82, 2.24) is 15.6 Å². The van der Waals surface area contributed by atoms with Crippen LogP contribution in [-0.2, 0) is 6.54 Å². The summed E-state index contributed by atoms with van der Waals surface area (Å²) in [5, 5.41) is 6.19. The van der Waals surface area contributed by atoms with Crippen LogP contribution in [0.15, 0.2) is 23.3 Å². The van der Waals surface area contributed by atoms with Crippen molar-refractivity contribution in [2.24, 2.45) is 4.99 Å². The molecule has 0 saturated heterocycles. The first-order valence-electron chi connectivity index (χ1n) is 6.96. The van der Waals surface area contributed by atoms with E-state index in [1.54, 1.807) is 19.2 Å². The molecule has 2 N–H and O–H groups in total. The maximum absolute atomic E-state index is 12.2. The highest BCUT2D eigenvalue weighted by atomic mass is 127. The van der Waals surface area contributed by atoms with Gasteiger partial charge in [-0.25, -0.2) is 4.98 Å². The van der Waals surface area contributed by atoms with Crippen molar-refractivity contribution in [2.45, 2.75) is 39.0 Å². The number of hydrogen-bond donors (Lipinski definition) is 2. The van der Waals surface area contributed by atoms with Crippen LogP contribution in [-0.4, -0.2) is 36.8 Å². The topological polar surface area (TPSA) is 58.5 Å². The first-order chi connectivity index (χ1) is 10.4. The Hall–Kier alpha value is -1.26. The predicted octanol–water partition coefficient (Wildman–Crippen LogP) is 3.10. The molecule has 132 valence electrons. The van der Waals surface area contributed by atoms with Gasteiger partial charge in [-0.1, -0.05) is 13.0 Å². The molecule has 5 nitrogen and oxygen atoms in total. The van der Waals surface area contributed by atoms with E-state index in [1.807, 2.05) is 13.8 Å². The van der Waals surface area contributed by atoms with Crippen LogP contribution in [0.2, 0.25) is 0 Å². The van der Waals surface area contributed by atoms with Crippen molar-refractivity contribution in [3.05, 3.63) is 23.9 Å². The second-order valence-corrected chi connectivity index (χ2v) is 4.75. The molecular formula is C14H22F3IN4O. The van der Waals surface area contributed by atoms with E-state index in [1.165, 1.54) is 6.20 Å². The lowest BCUT2D eigenvalue weighted by Gasteiger charge is -2.17. The lowest BCUT2D eigenvalue weighted by molar-refractivity contribution is -0.154. The number of rotatable bonds is 6. The summed E-state index contributed by atoms with van der Waals surface area (Å²) in [5.74, 6) is 0.534. The van der Waals surface area contributed by atoms with Crippen LogP contribution in [0.5, 0.6) is 5.88 Å². The zero-order chi connectivity index (χ0) is 16.6. The minimum Gasteiger partial charge on any atom is -0.468 e. The molecule has 0 aliphatic carbocycles. The lowest BCUT2D eigenvalue weighted by atomic mass is 10.2. The highest BCUT2D eigenvalue weighted by Gasteiger charge is 2.29. The van der Waals surface area contributed by atoms with Crippen molar-refractivity contribution in [1.29, 1.82) is 0 Å². The highest BCUT2D eigenvalue weighted by molar-refractivity contribution is 14.0. The molecule has 1 aromatic rings. The number of guanidine groups is 1. The van der Waals surface area contributed by atoms with Gasteiger partial charge in [-0.3, -0.25) is 4.99 Å². The van der Waals surface area contributed by atoms with E-state index >= 15 is 0 Å². The molecule has 0 aromatic carbocycles.